The first kappa shape index (κ1) is 18.4. The van der Waals surface area contributed by atoms with Gasteiger partial charge in [0, 0.05) is 24.2 Å². The Labute approximate surface area is 188 Å². The topological polar surface area (TPSA) is 54.9 Å². The summed E-state index contributed by atoms with van der Waals surface area (Å²) < 4.78 is 13.1. The molecule has 0 amide bonds. The molecule has 164 valence electrons. The molecular formula is C28H29NO3. The average molecular weight is 428 g/mol. The first-order valence-corrected chi connectivity index (χ1v) is 12.3. The number of aromatic nitrogens is 1. The highest BCUT2D eigenvalue weighted by Gasteiger charge is 2.70. The highest BCUT2D eigenvalue weighted by Crippen LogP contribution is 2.70. The van der Waals surface area contributed by atoms with Crippen LogP contribution in [0.4, 0.5) is 0 Å². The molecule has 8 atom stereocenters. The summed E-state index contributed by atoms with van der Waals surface area (Å²) in [6.07, 6.45) is 14.7. The van der Waals surface area contributed by atoms with Crippen LogP contribution >= 0.6 is 0 Å². The van der Waals surface area contributed by atoms with E-state index < -0.39 is 6.10 Å². The van der Waals surface area contributed by atoms with E-state index in [2.05, 4.69) is 48.3 Å². The van der Waals surface area contributed by atoms with Crippen LogP contribution in [0.15, 0.2) is 60.0 Å². The van der Waals surface area contributed by atoms with Crippen molar-refractivity contribution in [2.45, 2.75) is 80.9 Å². The summed E-state index contributed by atoms with van der Waals surface area (Å²) in [5.74, 6) is 1.04. The summed E-state index contributed by atoms with van der Waals surface area (Å²) in [5.41, 5.74) is 3.85. The van der Waals surface area contributed by atoms with Crippen LogP contribution in [-0.2, 0) is 9.47 Å². The van der Waals surface area contributed by atoms with Gasteiger partial charge in [0.15, 0.2) is 0 Å². The standard InChI is InChI=1S/C28H29NO3/c1-26-8-6-19-13-21-24-25(31-24)22(30)14-27(21)9-10-28(19,32-27)23(26)5-4-20(26)17-3-2-16-7-11-29-15-18(16)12-17/h2-3,6-7,11-13,15,20,22-25,30H,4-5,8-10,14H2,1H3/t20-,22+,23-,24-,25+,26-,27-,28?/m1/s1. The molecule has 1 aromatic carbocycles. The second-order valence-corrected chi connectivity index (χ2v) is 11.4. The fourth-order valence-corrected chi connectivity index (χ4v) is 8.55. The number of ether oxygens (including phenoxy) is 2. The van der Waals surface area contributed by atoms with Crippen LogP contribution in [0.3, 0.4) is 0 Å². The number of epoxide rings is 1. The molecule has 1 unspecified atom stereocenters. The fourth-order valence-electron chi connectivity index (χ4n) is 8.55. The van der Waals surface area contributed by atoms with Gasteiger partial charge in [-0.15, -0.1) is 0 Å². The van der Waals surface area contributed by atoms with Crippen LogP contribution in [0.5, 0.6) is 0 Å². The van der Waals surface area contributed by atoms with E-state index in [1.807, 2.05) is 12.4 Å². The molecule has 1 N–H and O–H groups in total. The summed E-state index contributed by atoms with van der Waals surface area (Å²) in [7, 11) is 0. The summed E-state index contributed by atoms with van der Waals surface area (Å²) in [5, 5.41) is 13.1. The molecular weight excluding hydrogens is 398 g/mol. The molecule has 3 aliphatic carbocycles. The predicted molar refractivity (Wildman–Crippen MR) is 121 cm³/mol. The van der Waals surface area contributed by atoms with Gasteiger partial charge in [-0.25, -0.2) is 0 Å². The molecule has 2 aromatic rings. The number of allylic oxidation sites excluding steroid dienone is 1. The fraction of sp³-hybridized carbons (Fsp3) is 0.536. The molecule has 2 saturated carbocycles. The summed E-state index contributed by atoms with van der Waals surface area (Å²) >= 11 is 0. The maximum Gasteiger partial charge on any atom is 0.114 e. The van der Waals surface area contributed by atoms with Crippen molar-refractivity contribution in [1.82, 2.24) is 4.98 Å². The smallest absolute Gasteiger partial charge is 0.114 e. The molecule has 0 radical (unpaired) electrons. The maximum atomic E-state index is 10.6. The molecule has 4 heteroatoms. The van der Waals surface area contributed by atoms with Crippen LogP contribution in [0.25, 0.3) is 10.8 Å². The van der Waals surface area contributed by atoms with Gasteiger partial charge in [-0.3, -0.25) is 4.98 Å². The third-order valence-corrected chi connectivity index (χ3v) is 10.1. The van der Waals surface area contributed by atoms with Gasteiger partial charge >= 0.3 is 0 Å². The molecule has 4 heterocycles. The number of nitrogens with zero attached hydrogens (tertiary/aromatic N) is 1. The van der Waals surface area contributed by atoms with Gasteiger partial charge in [0.25, 0.3) is 0 Å². The lowest BCUT2D eigenvalue weighted by molar-refractivity contribution is -0.141. The lowest BCUT2D eigenvalue weighted by Crippen LogP contribution is -2.55. The molecule has 2 saturated heterocycles. The number of aliphatic hydroxyl groups excluding tert-OH is 1. The van der Waals surface area contributed by atoms with E-state index >= 15 is 0 Å². The van der Waals surface area contributed by atoms with Crippen molar-refractivity contribution < 1.29 is 14.6 Å². The zero-order valence-corrected chi connectivity index (χ0v) is 18.5. The summed E-state index contributed by atoms with van der Waals surface area (Å²) in [4.78, 5) is 4.35. The number of rotatable bonds is 1. The number of benzene rings is 1. The minimum absolute atomic E-state index is 0.00344. The van der Waals surface area contributed by atoms with Gasteiger partial charge < -0.3 is 14.6 Å². The third-order valence-electron chi connectivity index (χ3n) is 10.1. The predicted octanol–water partition coefficient (Wildman–Crippen LogP) is 4.82. The Morgan fingerprint density at radius 2 is 2.06 bits per heavy atom. The van der Waals surface area contributed by atoms with Crippen LogP contribution in [-0.4, -0.2) is 39.6 Å². The molecule has 2 bridgehead atoms. The lowest BCUT2D eigenvalue weighted by Gasteiger charge is -2.53. The highest BCUT2D eigenvalue weighted by molar-refractivity contribution is 5.82. The average Bonchev–Trinajstić information content (AvgIpc) is 3.44. The van der Waals surface area contributed by atoms with E-state index in [0.29, 0.717) is 18.3 Å². The SMILES string of the molecule is C[C@]12CC=C3C=C4[C@H]5O[C@H]5[C@@H](O)C[C@]45CCC3(O5)[C@@H]1CC[C@@H]2c1ccc2ccncc2c1. The van der Waals surface area contributed by atoms with Gasteiger partial charge in [0.2, 0.25) is 0 Å². The van der Waals surface area contributed by atoms with Crippen molar-refractivity contribution in [2.75, 3.05) is 0 Å². The van der Waals surface area contributed by atoms with Crippen molar-refractivity contribution in [2.24, 2.45) is 11.3 Å². The second kappa shape index (κ2) is 5.72. The van der Waals surface area contributed by atoms with Crippen molar-refractivity contribution in [1.29, 1.82) is 0 Å². The number of aliphatic hydroxyl groups is 1. The largest absolute Gasteiger partial charge is 0.390 e. The van der Waals surface area contributed by atoms with Gasteiger partial charge in [0.1, 0.15) is 12.2 Å². The molecule has 3 aliphatic heterocycles. The Bertz CT molecular complexity index is 1230. The van der Waals surface area contributed by atoms with E-state index in [-0.39, 0.29) is 28.8 Å². The number of fused-ring (bicyclic) bond motifs is 4. The van der Waals surface area contributed by atoms with Gasteiger partial charge in [-0.1, -0.05) is 31.2 Å². The van der Waals surface area contributed by atoms with E-state index in [4.69, 9.17) is 9.47 Å². The second-order valence-electron chi connectivity index (χ2n) is 11.4. The molecule has 6 aliphatic rings. The van der Waals surface area contributed by atoms with Crippen molar-refractivity contribution >= 4 is 10.8 Å². The Balaban J connectivity index is 1.22. The number of hydrogen-bond donors (Lipinski definition) is 1. The van der Waals surface area contributed by atoms with E-state index in [1.165, 1.54) is 40.3 Å². The highest BCUT2D eigenvalue weighted by atomic mass is 16.6. The minimum Gasteiger partial charge on any atom is -0.390 e. The Hall–Kier alpha value is -2.01. The third kappa shape index (κ3) is 2.08. The molecule has 2 spiro atoms. The van der Waals surface area contributed by atoms with Crippen LogP contribution < -0.4 is 0 Å². The number of pyridine rings is 1. The van der Waals surface area contributed by atoms with Gasteiger partial charge in [-0.2, -0.15) is 0 Å². The van der Waals surface area contributed by atoms with E-state index in [0.717, 1.165) is 19.3 Å². The zero-order valence-electron chi connectivity index (χ0n) is 18.5. The molecule has 4 fully saturated rings. The maximum absolute atomic E-state index is 10.6. The van der Waals surface area contributed by atoms with Gasteiger partial charge in [0.05, 0.1) is 17.3 Å². The first-order valence-electron chi connectivity index (χ1n) is 12.3. The van der Waals surface area contributed by atoms with Crippen LogP contribution in [0, 0.1) is 11.3 Å². The van der Waals surface area contributed by atoms with Crippen LogP contribution in [0.2, 0.25) is 0 Å². The van der Waals surface area contributed by atoms with Crippen LogP contribution in [0.1, 0.15) is 56.9 Å². The monoisotopic (exact) mass is 427 g/mol. The normalized spacial score (nSPS) is 47.8. The molecule has 1 aromatic heterocycles. The molecule has 4 nitrogen and oxygen atoms in total. The van der Waals surface area contributed by atoms with Gasteiger partial charge in [-0.05, 0) is 83.6 Å². The zero-order chi connectivity index (χ0) is 21.3. The minimum atomic E-state index is -0.393. The van der Waals surface area contributed by atoms with E-state index in [9.17, 15) is 5.11 Å². The molecule has 32 heavy (non-hydrogen) atoms. The summed E-state index contributed by atoms with van der Waals surface area (Å²) in [6, 6.07) is 9.07. The van der Waals surface area contributed by atoms with Crippen molar-refractivity contribution in [3.63, 3.8) is 0 Å². The molecule has 8 rings (SSSR count). The quantitative estimate of drug-likeness (QED) is 0.663. The Morgan fingerprint density at radius 1 is 1.12 bits per heavy atom. The van der Waals surface area contributed by atoms with E-state index in [1.54, 1.807) is 0 Å². The first-order chi connectivity index (χ1) is 15.5. The number of hydrogen-bond acceptors (Lipinski definition) is 4. The Kier molecular flexibility index (Phi) is 3.30. The van der Waals surface area contributed by atoms with Crippen molar-refractivity contribution in [3.8, 4) is 0 Å². The summed E-state index contributed by atoms with van der Waals surface area (Å²) in [6.45, 7) is 2.51. The van der Waals surface area contributed by atoms with Crippen molar-refractivity contribution in [3.05, 3.63) is 65.5 Å². The lowest BCUT2D eigenvalue weighted by atomic mass is 9.58. The Morgan fingerprint density at radius 3 is 3.00 bits per heavy atom.